The summed E-state index contributed by atoms with van der Waals surface area (Å²) in [5.41, 5.74) is 2.73. The molecule has 2 aromatic rings. The summed E-state index contributed by atoms with van der Waals surface area (Å²) in [4.78, 5) is 28.5. The van der Waals surface area contributed by atoms with Crippen LogP contribution < -0.4 is 10.2 Å². The van der Waals surface area contributed by atoms with Crippen LogP contribution in [0.5, 0.6) is 0 Å². The number of halogens is 1. The van der Waals surface area contributed by atoms with Gasteiger partial charge in [-0.1, -0.05) is 41.9 Å². The zero-order valence-corrected chi connectivity index (χ0v) is 15.7. The second kappa shape index (κ2) is 7.89. The van der Waals surface area contributed by atoms with Gasteiger partial charge in [0.15, 0.2) is 0 Å². The molecule has 0 aromatic heterocycles. The Hall–Kier alpha value is -2.37. The molecule has 1 aliphatic rings. The van der Waals surface area contributed by atoms with Crippen LogP contribution in [-0.2, 0) is 16.0 Å². The van der Waals surface area contributed by atoms with E-state index < -0.39 is 0 Å². The largest absolute Gasteiger partial charge is 0.324 e. The highest BCUT2D eigenvalue weighted by Gasteiger charge is 2.30. The van der Waals surface area contributed by atoms with Gasteiger partial charge in [-0.15, -0.1) is 0 Å². The minimum atomic E-state index is -0.205. The number of anilines is 2. The average Bonchev–Trinajstić information content (AvgIpc) is 2.92. The molecule has 1 aliphatic heterocycles. The summed E-state index contributed by atoms with van der Waals surface area (Å²) in [7, 11) is 1.76. The molecule has 1 heterocycles. The van der Waals surface area contributed by atoms with Crippen molar-refractivity contribution in [2.45, 2.75) is 19.4 Å². The van der Waals surface area contributed by atoms with Crippen LogP contribution in [0.15, 0.2) is 48.5 Å². The number of benzene rings is 2. The number of para-hydroxylation sites is 2. The number of likely N-dealkylation sites (N-methyl/N-ethyl adjacent to an activating group) is 1. The van der Waals surface area contributed by atoms with Crippen LogP contribution in [0.2, 0.25) is 5.02 Å². The van der Waals surface area contributed by atoms with Gasteiger partial charge < -0.3 is 10.2 Å². The van der Waals surface area contributed by atoms with Crippen LogP contribution in [0.1, 0.15) is 12.5 Å². The van der Waals surface area contributed by atoms with Gasteiger partial charge in [0.2, 0.25) is 11.8 Å². The van der Waals surface area contributed by atoms with E-state index in [-0.39, 0.29) is 30.9 Å². The molecular formula is C20H22ClN3O2. The van der Waals surface area contributed by atoms with E-state index in [0.717, 1.165) is 12.1 Å². The number of rotatable bonds is 5. The Labute approximate surface area is 158 Å². The van der Waals surface area contributed by atoms with Gasteiger partial charge in [-0.25, -0.2) is 0 Å². The Morgan fingerprint density at radius 3 is 2.62 bits per heavy atom. The molecule has 1 unspecified atom stereocenters. The van der Waals surface area contributed by atoms with Crippen molar-refractivity contribution >= 4 is 34.8 Å². The van der Waals surface area contributed by atoms with E-state index in [1.165, 1.54) is 5.56 Å². The van der Waals surface area contributed by atoms with Crippen LogP contribution in [0.4, 0.5) is 11.4 Å². The van der Waals surface area contributed by atoms with E-state index in [1.807, 2.05) is 30.0 Å². The van der Waals surface area contributed by atoms with Gasteiger partial charge in [-0.2, -0.15) is 0 Å². The summed E-state index contributed by atoms with van der Waals surface area (Å²) in [6.45, 7) is 2.33. The van der Waals surface area contributed by atoms with Gasteiger partial charge in [-0.05, 0) is 44.2 Å². The molecule has 0 bridgehead atoms. The van der Waals surface area contributed by atoms with Crippen molar-refractivity contribution in [3.05, 3.63) is 59.1 Å². The molecule has 1 atom stereocenters. The number of carbonyl (C=O) groups excluding carboxylic acids is 2. The molecular weight excluding hydrogens is 350 g/mol. The Morgan fingerprint density at radius 2 is 1.85 bits per heavy atom. The van der Waals surface area contributed by atoms with E-state index in [0.29, 0.717) is 10.7 Å². The summed E-state index contributed by atoms with van der Waals surface area (Å²) in [6.07, 6.45) is 0.860. The topological polar surface area (TPSA) is 52.7 Å². The predicted octanol–water partition coefficient (Wildman–Crippen LogP) is 3.19. The second-order valence-electron chi connectivity index (χ2n) is 6.65. The van der Waals surface area contributed by atoms with Gasteiger partial charge in [0.05, 0.1) is 23.8 Å². The number of nitrogens with zero attached hydrogens (tertiary/aromatic N) is 2. The smallest absolute Gasteiger partial charge is 0.241 e. The van der Waals surface area contributed by atoms with Gasteiger partial charge in [0, 0.05) is 11.7 Å². The minimum absolute atomic E-state index is 0.00417. The van der Waals surface area contributed by atoms with Gasteiger partial charge in [0.1, 0.15) is 0 Å². The van der Waals surface area contributed by atoms with Crippen molar-refractivity contribution in [2.24, 2.45) is 0 Å². The monoisotopic (exact) mass is 371 g/mol. The first-order chi connectivity index (χ1) is 12.5. The molecule has 0 radical (unpaired) electrons. The summed E-state index contributed by atoms with van der Waals surface area (Å²) < 4.78 is 0. The van der Waals surface area contributed by atoms with Gasteiger partial charge >= 0.3 is 0 Å². The Balaban J connectivity index is 1.58. The fraction of sp³-hybridized carbons (Fsp3) is 0.300. The van der Waals surface area contributed by atoms with Gasteiger partial charge in [0.25, 0.3) is 0 Å². The fourth-order valence-electron chi connectivity index (χ4n) is 3.31. The zero-order valence-electron chi connectivity index (χ0n) is 14.9. The number of carbonyl (C=O) groups is 2. The first-order valence-corrected chi connectivity index (χ1v) is 8.96. The normalized spacial score (nSPS) is 15.8. The SMILES string of the molecule is CC1Cc2ccccc2N1C(=O)CN(C)CC(=O)Nc1ccccc1Cl. The number of fused-ring (bicyclic) bond motifs is 1. The molecule has 0 fully saturated rings. The second-order valence-corrected chi connectivity index (χ2v) is 7.05. The molecule has 1 N–H and O–H groups in total. The molecule has 136 valence electrons. The minimum Gasteiger partial charge on any atom is -0.324 e. The number of amides is 2. The molecule has 6 heteroatoms. The summed E-state index contributed by atoms with van der Waals surface area (Å²) in [5.74, 6) is -0.209. The molecule has 0 aliphatic carbocycles. The third-order valence-corrected chi connectivity index (χ3v) is 4.77. The quantitative estimate of drug-likeness (QED) is 0.878. The fourth-order valence-corrected chi connectivity index (χ4v) is 3.49. The number of nitrogens with one attached hydrogen (secondary N) is 1. The van der Waals surface area contributed by atoms with Crippen LogP contribution >= 0.6 is 11.6 Å². The Kier molecular flexibility index (Phi) is 5.59. The van der Waals surface area contributed by atoms with Crippen LogP contribution in [-0.4, -0.2) is 42.9 Å². The predicted molar refractivity (Wildman–Crippen MR) is 105 cm³/mol. The van der Waals surface area contributed by atoms with Crippen molar-refractivity contribution in [1.29, 1.82) is 0 Å². The molecule has 5 nitrogen and oxygen atoms in total. The zero-order chi connectivity index (χ0) is 18.7. The summed E-state index contributed by atoms with van der Waals surface area (Å²) >= 11 is 6.05. The molecule has 0 spiro atoms. The van der Waals surface area contributed by atoms with Gasteiger partial charge in [-0.3, -0.25) is 14.5 Å². The molecule has 0 saturated carbocycles. The van der Waals surface area contributed by atoms with Crippen LogP contribution in [0.3, 0.4) is 0 Å². The molecule has 2 amide bonds. The van der Waals surface area contributed by atoms with E-state index >= 15 is 0 Å². The lowest BCUT2D eigenvalue weighted by Gasteiger charge is -2.25. The van der Waals surface area contributed by atoms with Crippen molar-refractivity contribution in [3.63, 3.8) is 0 Å². The third-order valence-electron chi connectivity index (χ3n) is 4.44. The van der Waals surface area contributed by atoms with Crippen LogP contribution in [0, 0.1) is 0 Å². The lowest BCUT2D eigenvalue weighted by atomic mass is 10.1. The maximum atomic E-state index is 12.8. The average molecular weight is 372 g/mol. The first kappa shape index (κ1) is 18.4. The van der Waals surface area contributed by atoms with Crippen LogP contribution in [0.25, 0.3) is 0 Å². The third kappa shape index (κ3) is 4.06. The van der Waals surface area contributed by atoms with E-state index in [1.54, 1.807) is 36.2 Å². The van der Waals surface area contributed by atoms with Crippen molar-refractivity contribution in [3.8, 4) is 0 Å². The highest BCUT2D eigenvalue weighted by atomic mass is 35.5. The molecule has 0 saturated heterocycles. The Bertz CT molecular complexity index is 824. The lowest BCUT2D eigenvalue weighted by Crippen LogP contribution is -2.43. The van der Waals surface area contributed by atoms with Crippen molar-refractivity contribution in [1.82, 2.24) is 4.90 Å². The standard InChI is InChI=1S/C20H22ClN3O2/c1-14-11-15-7-3-6-10-18(15)24(14)20(26)13-23(2)12-19(25)22-17-9-5-4-8-16(17)21/h3-10,14H,11-13H2,1-2H3,(H,22,25). The van der Waals surface area contributed by atoms with E-state index in [4.69, 9.17) is 11.6 Å². The maximum absolute atomic E-state index is 12.8. The van der Waals surface area contributed by atoms with E-state index in [9.17, 15) is 9.59 Å². The summed E-state index contributed by atoms with van der Waals surface area (Å²) in [6, 6.07) is 15.2. The maximum Gasteiger partial charge on any atom is 0.241 e. The lowest BCUT2D eigenvalue weighted by molar-refractivity contribution is -0.121. The molecule has 2 aromatic carbocycles. The number of hydrogen-bond donors (Lipinski definition) is 1. The van der Waals surface area contributed by atoms with Crippen molar-refractivity contribution < 1.29 is 9.59 Å². The highest BCUT2D eigenvalue weighted by Crippen LogP contribution is 2.31. The first-order valence-electron chi connectivity index (χ1n) is 8.58. The Morgan fingerprint density at radius 1 is 1.15 bits per heavy atom. The summed E-state index contributed by atoms with van der Waals surface area (Å²) in [5, 5.41) is 3.26. The van der Waals surface area contributed by atoms with Crippen molar-refractivity contribution in [2.75, 3.05) is 30.4 Å². The highest BCUT2D eigenvalue weighted by molar-refractivity contribution is 6.33. The molecule has 3 rings (SSSR count). The number of hydrogen-bond acceptors (Lipinski definition) is 3. The van der Waals surface area contributed by atoms with E-state index in [2.05, 4.69) is 11.4 Å². The molecule has 26 heavy (non-hydrogen) atoms.